The molecule has 1 aromatic carbocycles. The van der Waals surface area contributed by atoms with Gasteiger partial charge in [0.1, 0.15) is 11.9 Å². The Kier molecular flexibility index (Phi) is 5.91. The van der Waals surface area contributed by atoms with Crippen LogP contribution >= 0.6 is 0 Å². The summed E-state index contributed by atoms with van der Waals surface area (Å²) < 4.78 is 27.4. The predicted molar refractivity (Wildman–Crippen MR) is 87.5 cm³/mol. The van der Waals surface area contributed by atoms with Crippen molar-refractivity contribution in [2.24, 2.45) is 0 Å². The number of rotatable bonds is 7. The molecule has 2 aromatic rings. The molecule has 4 nitrogen and oxygen atoms in total. The van der Waals surface area contributed by atoms with Crippen LogP contribution in [0.4, 0.5) is 4.39 Å². The molecule has 0 N–H and O–H groups in total. The van der Waals surface area contributed by atoms with Gasteiger partial charge in [-0.25, -0.2) is 9.37 Å². The number of hydrogen-bond acceptors (Lipinski definition) is 3. The normalized spacial score (nSPS) is 14.7. The Bertz CT molecular complexity index is 576. The summed E-state index contributed by atoms with van der Waals surface area (Å²) in [7, 11) is 0. The fraction of sp³-hybridized carbons (Fsp3) is 0.500. The summed E-state index contributed by atoms with van der Waals surface area (Å²) >= 11 is 0. The zero-order valence-corrected chi connectivity index (χ0v) is 14.2. The monoisotopic (exact) mass is 320 g/mol. The topological polar surface area (TPSA) is 36.3 Å². The molecule has 1 heterocycles. The average Bonchev–Trinajstić information content (AvgIpc) is 3.01. The van der Waals surface area contributed by atoms with Crippen molar-refractivity contribution in [2.45, 2.75) is 52.0 Å². The van der Waals surface area contributed by atoms with E-state index in [1.807, 2.05) is 31.5 Å². The number of imidazole rings is 1. The summed E-state index contributed by atoms with van der Waals surface area (Å²) in [4.78, 5) is 4.11. The minimum absolute atomic E-state index is 0.265. The minimum Gasteiger partial charge on any atom is -0.369 e. The fourth-order valence-corrected chi connectivity index (χ4v) is 2.30. The second-order valence-corrected chi connectivity index (χ2v) is 6.47. The molecule has 0 aliphatic heterocycles. The zero-order chi connectivity index (χ0) is 16.9. The lowest BCUT2D eigenvalue weighted by atomic mass is 10.1. The van der Waals surface area contributed by atoms with E-state index in [0.717, 1.165) is 12.0 Å². The lowest BCUT2D eigenvalue weighted by molar-refractivity contribution is -0.166. The second kappa shape index (κ2) is 7.70. The van der Waals surface area contributed by atoms with Crippen LogP contribution in [-0.4, -0.2) is 21.8 Å². The summed E-state index contributed by atoms with van der Waals surface area (Å²) in [6.07, 6.45) is 5.44. The van der Waals surface area contributed by atoms with Crippen LogP contribution in [-0.2, 0) is 9.47 Å². The quantitative estimate of drug-likeness (QED) is 0.753. The van der Waals surface area contributed by atoms with Gasteiger partial charge in [-0.1, -0.05) is 19.1 Å². The maximum absolute atomic E-state index is 13.3. The molecular weight excluding hydrogens is 295 g/mol. The van der Waals surface area contributed by atoms with Crippen LogP contribution in [0.5, 0.6) is 0 Å². The molecule has 0 spiro atoms. The van der Waals surface area contributed by atoms with Crippen molar-refractivity contribution in [1.29, 1.82) is 0 Å². The van der Waals surface area contributed by atoms with Gasteiger partial charge in [0.15, 0.2) is 6.23 Å². The first-order valence-corrected chi connectivity index (χ1v) is 7.93. The number of aromatic nitrogens is 2. The van der Waals surface area contributed by atoms with Crippen LogP contribution < -0.4 is 0 Å². The molecule has 126 valence electrons. The Morgan fingerprint density at radius 1 is 1.22 bits per heavy atom. The lowest BCUT2D eigenvalue weighted by Gasteiger charge is -2.34. The molecule has 2 atom stereocenters. The molecular formula is C18H25FN2O2. The van der Waals surface area contributed by atoms with E-state index in [1.165, 1.54) is 12.1 Å². The molecule has 0 bridgehead atoms. The Balaban J connectivity index is 2.36. The number of benzene rings is 1. The Labute approximate surface area is 137 Å². The van der Waals surface area contributed by atoms with Gasteiger partial charge >= 0.3 is 0 Å². The van der Waals surface area contributed by atoms with Crippen molar-refractivity contribution >= 4 is 0 Å². The fourth-order valence-electron chi connectivity index (χ4n) is 2.30. The third-order valence-corrected chi connectivity index (χ3v) is 3.25. The average molecular weight is 320 g/mol. The van der Waals surface area contributed by atoms with Gasteiger partial charge in [-0.2, -0.15) is 0 Å². The third-order valence-electron chi connectivity index (χ3n) is 3.25. The standard InChI is InChI=1S/C18H25FN2O2/c1-5-12-22-16(14-6-8-15(19)9-7-14)17(23-18(2,3)4)21-11-10-20-13-21/h6-11,13,16-17H,5,12H2,1-4H3. The van der Waals surface area contributed by atoms with Gasteiger partial charge < -0.3 is 14.0 Å². The van der Waals surface area contributed by atoms with Crippen molar-refractivity contribution in [3.8, 4) is 0 Å². The first-order valence-electron chi connectivity index (χ1n) is 7.93. The zero-order valence-electron chi connectivity index (χ0n) is 14.2. The lowest BCUT2D eigenvalue weighted by Crippen LogP contribution is -2.31. The van der Waals surface area contributed by atoms with E-state index in [-0.39, 0.29) is 23.8 Å². The summed E-state index contributed by atoms with van der Waals surface area (Å²) in [5, 5.41) is 0. The minimum atomic E-state index is -0.380. The van der Waals surface area contributed by atoms with Gasteiger partial charge in [0.05, 0.1) is 11.9 Å². The van der Waals surface area contributed by atoms with Gasteiger partial charge in [-0.05, 0) is 44.9 Å². The SMILES string of the molecule is CCCOC(c1ccc(F)cc1)C(OC(C)(C)C)n1ccnc1. The first kappa shape index (κ1) is 17.6. The summed E-state index contributed by atoms with van der Waals surface area (Å²) in [5.41, 5.74) is 0.519. The molecule has 0 aliphatic rings. The molecule has 0 aliphatic carbocycles. The highest BCUT2D eigenvalue weighted by Gasteiger charge is 2.30. The molecule has 1 aromatic heterocycles. The van der Waals surface area contributed by atoms with Crippen molar-refractivity contribution in [2.75, 3.05) is 6.61 Å². The van der Waals surface area contributed by atoms with E-state index in [1.54, 1.807) is 24.7 Å². The number of halogens is 1. The van der Waals surface area contributed by atoms with Crippen LogP contribution in [0.15, 0.2) is 43.0 Å². The number of nitrogens with zero attached hydrogens (tertiary/aromatic N) is 2. The summed E-state index contributed by atoms with van der Waals surface area (Å²) in [5.74, 6) is -0.265. The van der Waals surface area contributed by atoms with Crippen molar-refractivity contribution in [1.82, 2.24) is 9.55 Å². The number of hydrogen-bond donors (Lipinski definition) is 0. The van der Waals surface area contributed by atoms with Gasteiger partial charge in [0, 0.05) is 19.0 Å². The first-order chi connectivity index (χ1) is 10.9. The highest BCUT2D eigenvalue weighted by atomic mass is 19.1. The predicted octanol–water partition coefficient (Wildman–Crippen LogP) is 4.50. The molecule has 0 radical (unpaired) electrons. The largest absolute Gasteiger partial charge is 0.369 e. The van der Waals surface area contributed by atoms with Crippen LogP contribution in [0, 0.1) is 5.82 Å². The maximum atomic E-state index is 13.3. The van der Waals surface area contributed by atoms with Gasteiger partial charge in [-0.3, -0.25) is 0 Å². The number of ether oxygens (including phenoxy) is 2. The van der Waals surface area contributed by atoms with Crippen LogP contribution in [0.1, 0.15) is 52.0 Å². The maximum Gasteiger partial charge on any atom is 0.166 e. The highest BCUT2D eigenvalue weighted by Crippen LogP contribution is 2.34. The molecule has 2 rings (SSSR count). The molecule has 23 heavy (non-hydrogen) atoms. The van der Waals surface area contributed by atoms with Gasteiger partial charge in [-0.15, -0.1) is 0 Å². The molecule has 0 saturated heterocycles. The van der Waals surface area contributed by atoms with E-state index >= 15 is 0 Å². The molecule has 0 amide bonds. The van der Waals surface area contributed by atoms with Crippen molar-refractivity contribution in [3.05, 3.63) is 54.4 Å². The van der Waals surface area contributed by atoms with E-state index in [4.69, 9.17) is 9.47 Å². The van der Waals surface area contributed by atoms with E-state index < -0.39 is 0 Å². The van der Waals surface area contributed by atoms with Crippen molar-refractivity contribution < 1.29 is 13.9 Å². The van der Waals surface area contributed by atoms with Crippen molar-refractivity contribution in [3.63, 3.8) is 0 Å². The molecule has 5 heteroatoms. The Hall–Kier alpha value is -1.72. The molecule has 0 fully saturated rings. The second-order valence-electron chi connectivity index (χ2n) is 6.47. The smallest absolute Gasteiger partial charge is 0.166 e. The van der Waals surface area contributed by atoms with Gasteiger partial charge in [0.25, 0.3) is 0 Å². The highest BCUT2D eigenvalue weighted by molar-refractivity contribution is 5.19. The van der Waals surface area contributed by atoms with Crippen LogP contribution in [0.3, 0.4) is 0 Å². The van der Waals surface area contributed by atoms with E-state index in [9.17, 15) is 4.39 Å². The van der Waals surface area contributed by atoms with Crippen LogP contribution in [0.2, 0.25) is 0 Å². The van der Waals surface area contributed by atoms with Crippen LogP contribution in [0.25, 0.3) is 0 Å². The van der Waals surface area contributed by atoms with E-state index in [0.29, 0.717) is 6.61 Å². The van der Waals surface area contributed by atoms with Gasteiger partial charge in [0.2, 0.25) is 0 Å². The molecule has 2 unspecified atom stereocenters. The molecule has 0 saturated carbocycles. The Morgan fingerprint density at radius 3 is 2.43 bits per heavy atom. The third kappa shape index (κ3) is 5.15. The van der Waals surface area contributed by atoms with E-state index in [2.05, 4.69) is 11.9 Å². The summed E-state index contributed by atoms with van der Waals surface area (Å²) in [6.45, 7) is 8.65. The summed E-state index contributed by atoms with van der Waals surface area (Å²) in [6, 6.07) is 6.37. The Morgan fingerprint density at radius 2 is 1.91 bits per heavy atom.